The number of amides is 1. The van der Waals surface area contributed by atoms with Crippen molar-refractivity contribution in [1.29, 1.82) is 0 Å². The molecule has 7 heteroatoms. The van der Waals surface area contributed by atoms with Gasteiger partial charge >= 0.3 is 0 Å². The third-order valence-electron chi connectivity index (χ3n) is 3.99. The zero-order valence-electron chi connectivity index (χ0n) is 15.0. The molecule has 1 aromatic carbocycles. The van der Waals surface area contributed by atoms with Crippen molar-refractivity contribution in [2.75, 3.05) is 12.4 Å². The van der Waals surface area contributed by atoms with Crippen LogP contribution in [0, 0.1) is 0 Å². The zero-order valence-corrected chi connectivity index (χ0v) is 15.0. The highest BCUT2D eigenvalue weighted by Gasteiger charge is 2.06. The Balaban J connectivity index is 1.56. The summed E-state index contributed by atoms with van der Waals surface area (Å²) in [6, 6.07) is 14.0. The van der Waals surface area contributed by atoms with Crippen LogP contribution in [0.4, 0.5) is 5.69 Å². The van der Waals surface area contributed by atoms with Crippen molar-refractivity contribution in [1.82, 2.24) is 14.8 Å². The van der Waals surface area contributed by atoms with Crippen LogP contribution in [0.25, 0.3) is 11.3 Å². The average molecular weight is 364 g/mol. The lowest BCUT2D eigenvalue weighted by Crippen LogP contribution is -2.23. The van der Waals surface area contributed by atoms with Gasteiger partial charge in [-0.15, -0.1) is 0 Å². The fraction of sp³-hybridized carbons (Fsp3) is 0.200. The van der Waals surface area contributed by atoms with E-state index >= 15 is 0 Å². The fourth-order valence-corrected chi connectivity index (χ4v) is 2.57. The van der Waals surface area contributed by atoms with Crippen LogP contribution in [-0.4, -0.2) is 27.8 Å². The Bertz CT molecular complexity index is 953. The maximum Gasteiger partial charge on any atom is 0.266 e. The fourth-order valence-electron chi connectivity index (χ4n) is 2.57. The van der Waals surface area contributed by atoms with Crippen molar-refractivity contribution in [2.45, 2.75) is 19.4 Å². The third-order valence-corrected chi connectivity index (χ3v) is 3.99. The van der Waals surface area contributed by atoms with Gasteiger partial charge in [0.05, 0.1) is 12.8 Å². The molecule has 0 aliphatic heterocycles. The van der Waals surface area contributed by atoms with Crippen LogP contribution in [-0.2, 0) is 11.3 Å². The number of nitrogens with zero attached hydrogens (tertiary/aromatic N) is 3. The van der Waals surface area contributed by atoms with E-state index in [-0.39, 0.29) is 11.5 Å². The number of aryl methyl sites for hydroxylation is 1. The highest BCUT2D eigenvalue weighted by molar-refractivity contribution is 5.90. The average Bonchev–Trinajstić information content (AvgIpc) is 2.70. The second-order valence-electron chi connectivity index (χ2n) is 5.90. The Kier molecular flexibility index (Phi) is 5.94. The summed E-state index contributed by atoms with van der Waals surface area (Å²) >= 11 is 0. The number of benzene rings is 1. The van der Waals surface area contributed by atoms with Crippen LogP contribution in [0.1, 0.15) is 12.8 Å². The predicted octanol–water partition coefficient (Wildman–Crippen LogP) is 2.73. The molecule has 3 rings (SSSR count). The summed E-state index contributed by atoms with van der Waals surface area (Å²) in [6.07, 6.45) is 4.15. The molecule has 2 heterocycles. The first-order chi connectivity index (χ1) is 13.2. The van der Waals surface area contributed by atoms with E-state index in [0.717, 1.165) is 11.3 Å². The second-order valence-corrected chi connectivity index (χ2v) is 5.90. The lowest BCUT2D eigenvalue weighted by Gasteiger charge is -2.08. The molecule has 0 fully saturated rings. The van der Waals surface area contributed by atoms with Crippen molar-refractivity contribution in [3.05, 3.63) is 71.3 Å². The van der Waals surface area contributed by atoms with Gasteiger partial charge in [-0.1, -0.05) is 0 Å². The van der Waals surface area contributed by atoms with Gasteiger partial charge in [0.2, 0.25) is 5.91 Å². The lowest BCUT2D eigenvalue weighted by molar-refractivity contribution is -0.116. The molecule has 3 aromatic rings. The SMILES string of the molecule is COc1ccc(NC(=O)CCCn2nc(-c3ccncc3)ccc2=O)cc1. The number of aromatic nitrogens is 3. The van der Waals surface area contributed by atoms with Gasteiger partial charge in [0, 0.05) is 42.7 Å². The zero-order chi connectivity index (χ0) is 19.1. The molecule has 0 unspecified atom stereocenters. The molecule has 2 aromatic heterocycles. The summed E-state index contributed by atoms with van der Waals surface area (Å²) in [6.45, 7) is 0.369. The molecule has 0 aliphatic rings. The van der Waals surface area contributed by atoms with E-state index < -0.39 is 0 Å². The number of pyridine rings is 1. The van der Waals surface area contributed by atoms with Crippen molar-refractivity contribution >= 4 is 11.6 Å². The summed E-state index contributed by atoms with van der Waals surface area (Å²) in [4.78, 5) is 28.1. The van der Waals surface area contributed by atoms with Crippen LogP contribution in [0.15, 0.2) is 65.7 Å². The van der Waals surface area contributed by atoms with Gasteiger partial charge in [0.15, 0.2) is 0 Å². The molecule has 0 radical (unpaired) electrons. The van der Waals surface area contributed by atoms with Gasteiger partial charge < -0.3 is 10.1 Å². The van der Waals surface area contributed by atoms with Gasteiger partial charge in [-0.2, -0.15) is 5.10 Å². The first-order valence-corrected chi connectivity index (χ1v) is 8.58. The molecule has 0 aliphatic carbocycles. The summed E-state index contributed by atoms with van der Waals surface area (Å²) in [7, 11) is 1.59. The van der Waals surface area contributed by atoms with E-state index in [4.69, 9.17) is 4.74 Å². The minimum absolute atomic E-state index is 0.112. The maximum absolute atomic E-state index is 12.1. The number of carbonyl (C=O) groups excluding carboxylic acids is 1. The summed E-state index contributed by atoms with van der Waals surface area (Å²) in [5.41, 5.74) is 2.09. The molecule has 1 N–H and O–H groups in total. The normalized spacial score (nSPS) is 10.4. The Hall–Kier alpha value is -3.48. The molecule has 0 saturated heterocycles. The van der Waals surface area contributed by atoms with Crippen LogP contribution in [0.5, 0.6) is 5.75 Å². The second kappa shape index (κ2) is 8.75. The molecule has 0 spiro atoms. The van der Waals surface area contributed by atoms with Gasteiger partial charge in [0.25, 0.3) is 5.56 Å². The lowest BCUT2D eigenvalue weighted by atomic mass is 10.2. The summed E-state index contributed by atoms with van der Waals surface area (Å²) in [5.74, 6) is 0.617. The topological polar surface area (TPSA) is 86.1 Å². The molecule has 1 amide bonds. The van der Waals surface area contributed by atoms with Gasteiger partial charge in [0.1, 0.15) is 5.75 Å². The Morgan fingerprint density at radius 1 is 1.07 bits per heavy atom. The van der Waals surface area contributed by atoms with Crippen LogP contribution >= 0.6 is 0 Å². The number of ether oxygens (including phenoxy) is 1. The van der Waals surface area contributed by atoms with E-state index in [1.165, 1.54) is 10.7 Å². The van der Waals surface area contributed by atoms with Gasteiger partial charge in [-0.05, 0) is 48.9 Å². The molecular weight excluding hydrogens is 344 g/mol. The minimum Gasteiger partial charge on any atom is -0.497 e. The first-order valence-electron chi connectivity index (χ1n) is 8.58. The highest BCUT2D eigenvalue weighted by Crippen LogP contribution is 2.15. The molecule has 0 bridgehead atoms. The molecule has 0 saturated carbocycles. The molecule has 7 nitrogen and oxygen atoms in total. The Morgan fingerprint density at radius 3 is 2.52 bits per heavy atom. The van der Waals surface area contributed by atoms with Gasteiger partial charge in [-0.3, -0.25) is 14.6 Å². The van der Waals surface area contributed by atoms with Crippen LogP contribution < -0.4 is 15.6 Å². The van der Waals surface area contributed by atoms with Crippen LogP contribution in [0.2, 0.25) is 0 Å². The molecule has 0 atom stereocenters. The minimum atomic E-state index is -0.191. The summed E-state index contributed by atoms with van der Waals surface area (Å²) in [5, 5.41) is 7.20. The van der Waals surface area contributed by atoms with Gasteiger partial charge in [-0.25, -0.2) is 4.68 Å². The predicted molar refractivity (Wildman–Crippen MR) is 103 cm³/mol. The van der Waals surface area contributed by atoms with E-state index in [1.807, 2.05) is 12.1 Å². The number of hydrogen-bond donors (Lipinski definition) is 1. The Labute approximate surface area is 156 Å². The van der Waals surface area contributed by atoms with E-state index in [2.05, 4.69) is 15.4 Å². The van der Waals surface area contributed by atoms with Crippen molar-refractivity contribution in [3.63, 3.8) is 0 Å². The standard InChI is InChI=1S/C20H20N4O3/c1-27-17-6-4-16(5-7-17)22-19(25)3-2-14-24-20(26)9-8-18(23-24)15-10-12-21-13-11-15/h4-13H,2-3,14H2,1H3,(H,22,25). The van der Waals surface area contributed by atoms with Crippen LogP contribution in [0.3, 0.4) is 0 Å². The smallest absolute Gasteiger partial charge is 0.266 e. The first kappa shape index (κ1) is 18.3. The van der Waals surface area contributed by atoms with Crippen molar-refractivity contribution < 1.29 is 9.53 Å². The van der Waals surface area contributed by atoms with E-state index in [1.54, 1.807) is 49.8 Å². The number of carbonyl (C=O) groups is 1. The number of hydrogen-bond acceptors (Lipinski definition) is 5. The summed E-state index contributed by atoms with van der Waals surface area (Å²) < 4.78 is 6.47. The maximum atomic E-state index is 12.1. The Morgan fingerprint density at radius 2 is 1.81 bits per heavy atom. The number of methoxy groups -OCH3 is 1. The van der Waals surface area contributed by atoms with E-state index in [0.29, 0.717) is 30.8 Å². The molecular formula is C20H20N4O3. The number of anilines is 1. The highest BCUT2D eigenvalue weighted by atomic mass is 16.5. The molecule has 27 heavy (non-hydrogen) atoms. The third kappa shape index (κ3) is 5.01. The molecule has 138 valence electrons. The van der Waals surface area contributed by atoms with E-state index in [9.17, 15) is 9.59 Å². The number of rotatable bonds is 7. The number of nitrogens with one attached hydrogen (secondary N) is 1. The monoisotopic (exact) mass is 364 g/mol. The largest absolute Gasteiger partial charge is 0.497 e. The van der Waals surface area contributed by atoms with Crippen molar-refractivity contribution in [3.8, 4) is 17.0 Å². The van der Waals surface area contributed by atoms with Crippen molar-refractivity contribution in [2.24, 2.45) is 0 Å². The quantitative estimate of drug-likeness (QED) is 0.697.